The van der Waals surface area contributed by atoms with Crippen molar-refractivity contribution in [1.82, 2.24) is 0 Å². The van der Waals surface area contributed by atoms with Crippen molar-refractivity contribution in [2.75, 3.05) is 0 Å². The van der Waals surface area contributed by atoms with E-state index in [-0.39, 0.29) is 5.41 Å². The third-order valence-corrected chi connectivity index (χ3v) is 4.65. The standard InChI is InChI=1S/C14H26O/c1-10(2)14(6,15)9-12-8-7-11(3)13(12,4)5/h7,10,12,15H,8-9H2,1-6H3/t12-,14?/m1/s1. The molecule has 1 nitrogen and oxygen atoms in total. The van der Waals surface area contributed by atoms with Crippen molar-refractivity contribution in [3.63, 3.8) is 0 Å². The van der Waals surface area contributed by atoms with Gasteiger partial charge in [-0.15, -0.1) is 0 Å². The topological polar surface area (TPSA) is 20.2 Å². The molecule has 0 fully saturated rings. The Morgan fingerprint density at radius 3 is 2.40 bits per heavy atom. The average Bonchev–Trinajstić information content (AvgIpc) is 2.31. The van der Waals surface area contributed by atoms with Crippen molar-refractivity contribution < 1.29 is 5.11 Å². The van der Waals surface area contributed by atoms with Gasteiger partial charge < -0.3 is 5.11 Å². The molecule has 15 heavy (non-hydrogen) atoms. The molecule has 0 amide bonds. The van der Waals surface area contributed by atoms with E-state index in [4.69, 9.17) is 0 Å². The van der Waals surface area contributed by atoms with Crippen LogP contribution in [0.3, 0.4) is 0 Å². The maximum absolute atomic E-state index is 10.3. The Labute approximate surface area is 94.6 Å². The molecule has 0 radical (unpaired) electrons. The second-order valence-electron chi connectivity index (χ2n) is 6.26. The molecule has 1 rings (SSSR count). The molecule has 0 saturated carbocycles. The fraction of sp³-hybridized carbons (Fsp3) is 0.857. The molecule has 1 N–H and O–H groups in total. The summed E-state index contributed by atoms with van der Waals surface area (Å²) in [5, 5.41) is 10.3. The van der Waals surface area contributed by atoms with Gasteiger partial charge >= 0.3 is 0 Å². The quantitative estimate of drug-likeness (QED) is 0.703. The lowest BCUT2D eigenvalue weighted by Crippen LogP contribution is -2.36. The molecule has 0 spiro atoms. The van der Waals surface area contributed by atoms with Crippen LogP contribution in [0.4, 0.5) is 0 Å². The molecule has 1 aliphatic carbocycles. The van der Waals surface area contributed by atoms with Gasteiger partial charge in [-0.3, -0.25) is 0 Å². The van der Waals surface area contributed by atoms with Gasteiger partial charge in [0.25, 0.3) is 0 Å². The van der Waals surface area contributed by atoms with Gasteiger partial charge in [0.05, 0.1) is 5.60 Å². The summed E-state index contributed by atoms with van der Waals surface area (Å²) in [7, 11) is 0. The fourth-order valence-electron chi connectivity index (χ4n) is 2.27. The summed E-state index contributed by atoms with van der Waals surface area (Å²) in [6.07, 6.45) is 4.37. The van der Waals surface area contributed by atoms with Gasteiger partial charge in [0.1, 0.15) is 0 Å². The van der Waals surface area contributed by atoms with E-state index in [1.54, 1.807) is 0 Å². The number of rotatable bonds is 3. The van der Waals surface area contributed by atoms with Gasteiger partial charge in [0, 0.05) is 0 Å². The largest absolute Gasteiger partial charge is 0.390 e. The molecule has 0 aromatic heterocycles. The molecule has 0 aliphatic heterocycles. The first kappa shape index (κ1) is 12.8. The predicted octanol–water partition coefficient (Wildman–Crippen LogP) is 3.78. The lowest BCUT2D eigenvalue weighted by atomic mass is 9.71. The minimum absolute atomic E-state index is 0.263. The van der Waals surface area contributed by atoms with Crippen LogP contribution in [0, 0.1) is 17.3 Å². The predicted molar refractivity (Wildman–Crippen MR) is 65.7 cm³/mol. The molecule has 0 heterocycles. The van der Waals surface area contributed by atoms with Crippen LogP contribution in [0.15, 0.2) is 11.6 Å². The summed E-state index contributed by atoms with van der Waals surface area (Å²) in [5.41, 5.74) is 1.21. The molecular weight excluding hydrogens is 184 g/mol. The summed E-state index contributed by atoms with van der Waals surface area (Å²) in [5.74, 6) is 0.920. The fourth-order valence-corrected chi connectivity index (χ4v) is 2.27. The Kier molecular flexibility index (Phi) is 3.35. The molecule has 1 aliphatic rings. The molecule has 1 unspecified atom stereocenters. The zero-order valence-electron chi connectivity index (χ0n) is 11.1. The van der Waals surface area contributed by atoms with Crippen molar-refractivity contribution in [2.24, 2.45) is 17.3 Å². The van der Waals surface area contributed by atoms with E-state index >= 15 is 0 Å². The minimum Gasteiger partial charge on any atom is -0.390 e. The zero-order chi connectivity index (χ0) is 11.9. The van der Waals surface area contributed by atoms with Gasteiger partial charge in [-0.25, -0.2) is 0 Å². The summed E-state index contributed by atoms with van der Waals surface area (Å²) in [4.78, 5) is 0. The van der Waals surface area contributed by atoms with Crippen LogP contribution in [0.2, 0.25) is 0 Å². The van der Waals surface area contributed by atoms with Gasteiger partial charge in [0.2, 0.25) is 0 Å². The highest BCUT2D eigenvalue weighted by molar-refractivity contribution is 5.18. The highest BCUT2D eigenvalue weighted by Crippen LogP contribution is 2.47. The Morgan fingerprint density at radius 2 is 2.07 bits per heavy atom. The lowest BCUT2D eigenvalue weighted by Gasteiger charge is -2.37. The number of allylic oxidation sites excluding steroid dienone is 2. The first-order valence-electron chi connectivity index (χ1n) is 6.07. The molecule has 0 aromatic carbocycles. The molecule has 0 bridgehead atoms. The summed E-state index contributed by atoms with van der Waals surface area (Å²) < 4.78 is 0. The third-order valence-electron chi connectivity index (χ3n) is 4.65. The second kappa shape index (κ2) is 3.93. The number of hydrogen-bond donors (Lipinski definition) is 1. The maximum atomic E-state index is 10.3. The monoisotopic (exact) mass is 210 g/mol. The van der Waals surface area contributed by atoms with E-state index in [9.17, 15) is 5.11 Å². The molecule has 0 aromatic rings. The van der Waals surface area contributed by atoms with Gasteiger partial charge in [0.15, 0.2) is 0 Å². The van der Waals surface area contributed by atoms with Crippen molar-refractivity contribution in [2.45, 2.75) is 60.0 Å². The Bertz CT molecular complexity index is 259. The average molecular weight is 210 g/mol. The number of aliphatic hydroxyl groups is 1. The Balaban J connectivity index is 2.70. The van der Waals surface area contributed by atoms with Crippen LogP contribution in [-0.2, 0) is 0 Å². The van der Waals surface area contributed by atoms with E-state index < -0.39 is 5.60 Å². The molecule has 1 heteroatoms. The second-order valence-corrected chi connectivity index (χ2v) is 6.26. The summed E-state index contributed by atoms with van der Waals surface area (Å²) >= 11 is 0. The van der Waals surface area contributed by atoms with Crippen molar-refractivity contribution in [3.05, 3.63) is 11.6 Å². The molecule has 0 saturated heterocycles. The van der Waals surface area contributed by atoms with Crippen LogP contribution in [0.5, 0.6) is 0 Å². The summed E-state index contributed by atoms with van der Waals surface area (Å²) in [6, 6.07) is 0. The third kappa shape index (κ3) is 2.44. The maximum Gasteiger partial charge on any atom is 0.0645 e. The van der Waals surface area contributed by atoms with Gasteiger partial charge in [-0.2, -0.15) is 0 Å². The van der Waals surface area contributed by atoms with Crippen LogP contribution >= 0.6 is 0 Å². The van der Waals surface area contributed by atoms with E-state index in [1.165, 1.54) is 5.57 Å². The first-order chi connectivity index (χ1) is 6.68. The lowest BCUT2D eigenvalue weighted by molar-refractivity contribution is -0.0199. The van der Waals surface area contributed by atoms with E-state index in [0.29, 0.717) is 11.8 Å². The van der Waals surface area contributed by atoms with Crippen molar-refractivity contribution in [3.8, 4) is 0 Å². The highest BCUT2D eigenvalue weighted by atomic mass is 16.3. The number of hydrogen-bond acceptors (Lipinski definition) is 1. The normalized spacial score (nSPS) is 29.1. The Hall–Kier alpha value is -0.300. The van der Waals surface area contributed by atoms with E-state index in [2.05, 4.69) is 40.7 Å². The van der Waals surface area contributed by atoms with E-state index in [1.807, 2.05) is 6.92 Å². The Morgan fingerprint density at radius 1 is 1.53 bits per heavy atom. The van der Waals surface area contributed by atoms with Crippen LogP contribution < -0.4 is 0 Å². The van der Waals surface area contributed by atoms with Crippen LogP contribution in [0.25, 0.3) is 0 Å². The molecular formula is C14H26O. The van der Waals surface area contributed by atoms with E-state index in [0.717, 1.165) is 12.8 Å². The first-order valence-corrected chi connectivity index (χ1v) is 6.07. The van der Waals surface area contributed by atoms with Gasteiger partial charge in [-0.1, -0.05) is 39.3 Å². The minimum atomic E-state index is -0.527. The van der Waals surface area contributed by atoms with Crippen LogP contribution in [-0.4, -0.2) is 10.7 Å². The van der Waals surface area contributed by atoms with Crippen LogP contribution in [0.1, 0.15) is 54.4 Å². The van der Waals surface area contributed by atoms with Gasteiger partial charge in [-0.05, 0) is 43.9 Å². The van der Waals surface area contributed by atoms with Crippen molar-refractivity contribution in [1.29, 1.82) is 0 Å². The SMILES string of the molecule is CC1=CC[C@H](CC(C)(O)C(C)C)C1(C)C. The summed E-state index contributed by atoms with van der Waals surface area (Å²) in [6.45, 7) is 13.0. The molecule has 88 valence electrons. The highest BCUT2D eigenvalue weighted by Gasteiger charge is 2.39. The van der Waals surface area contributed by atoms with Crippen molar-refractivity contribution >= 4 is 0 Å². The smallest absolute Gasteiger partial charge is 0.0645 e. The molecule has 2 atom stereocenters. The zero-order valence-corrected chi connectivity index (χ0v) is 11.1.